The number of hydrogen-bond acceptors (Lipinski definition) is 3. The first kappa shape index (κ1) is 15.8. The molecule has 0 radical (unpaired) electrons. The maximum absolute atomic E-state index is 9.15. The highest BCUT2D eigenvalue weighted by molar-refractivity contribution is 5.51. The molecule has 1 heterocycles. The summed E-state index contributed by atoms with van der Waals surface area (Å²) in [4.78, 5) is 4.26. The van der Waals surface area contributed by atoms with E-state index in [0.29, 0.717) is 17.3 Å². The highest BCUT2D eigenvalue weighted by atomic mass is 15.0. The average Bonchev–Trinajstić information content (AvgIpc) is 2.67. The summed E-state index contributed by atoms with van der Waals surface area (Å²) >= 11 is 0. The molecule has 0 amide bonds. The van der Waals surface area contributed by atoms with Gasteiger partial charge in [-0.25, -0.2) is 4.98 Å². The predicted molar refractivity (Wildman–Crippen MR) is 96.8 cm³/mol. The second kappa shape index (κ2) is 7.94. The number of anilines is 1. The van der Waals surface area contributed by atoms with E-state index in [2.05, 4.69) is 64.9 Å². The van der Waals surface area contributed by atoms with E-state index < -0.39 is 0 Å². The van der Waals surface area contributed by atoms with Gasteiger partial charge in [-0.2, -0.15) is 5.26 Å². The predicted octanol–water partition coefficient (Wildman–Crippen LogP) is 4.59. The Morgan fingerprint density at radius 1 is 0.875 bits per heavy atom. The molecule has 0 fully saturated rings. The highest BCUT2D eigenvalue weighted by Gasteiger charge is 2.13. The largest absolute Gasteiger partial charge is 0.369 e. The molecule has 0 aliphatic carbocycles. The van der Waals surface area contributed by atoms with Crippen molar-refractivity contribution in [3.05, 3.63) is 95.7 Å². The van der Waals surface area contributed by atoms with Gasteiger partial charge in [-0.15, -0.1) is 0 Å². The van der Waals surface area contributed by atoms with Crippen LogP contribution in [0, 0.1) is 11.3 Å². The van der Waals surface area contributed by atoms with Gasteiger partial charge in [0.15, 0.2) is 0 Å². The second-order valence-corrected chi connectivity index (χ2v) is 5.60. The van der Waals surface area contributed by atoms with Gasteiger partial charge in [0.1, 0.15) is 11.9 Å². The number of benzene rings is 2. The van der Waals surface area contributed by atoms with E-state index in [-0.39, 0.29) is 0 Å². The molecular weight excluding hydrogens is 294 g/mol. The number of nitriles is 1. The van der Waals surface area contributed by atoms with Crippen molar-refractivity contribution < 1.29 is 0 Å². The summed E-state index contributed by atoms with van der Waals surface area (Å²) in [6, 6.07) is 26.8. The fourth-order valence-electron chi connectivity index (χ4n) is 2.87. The van der Waals surface area contributed by atoms with Crippen molar-refractivity contribution in [2.45, 2.75) is 12.3 Å². The van der Waals surface area contributed by atoms with Crippen LogP contribution >= 0.6 is 0 Å². The lowest BCUT2D eigenvalue weighted by atomic mass is 9.88. The van der Waals surface area contributed by atoms with Gasteiger partial charge >= 0.3 is 0 Å². The molecule has 1 aromatic heterocycles. The highest BCUT2D eigenvalue weighted by Crippen LogP contribution is 2.27. The van der Waals surface area contributed by atoms with E-state index in [4.69, 9.17) is 5.26 Å². The van der Waals surface area contributed by atoms with Gasteiger partial charge < -0.3 is 5.32 Å². The third-order valence-corrected chi connectivity index (χ3v) is 4.06. The zero-order valence-electron chi connectivity index (χ0n) is 13.4. The van der Waals surface area contributed by atoms with E-state index in [0.717, 1.165) is 13.0 Å². The van der Waals surface area contributed by atoms with E-state index in [1.54, 1.807) is 18.3 Å². The fraction of sp³-hybridized carbons (Fsp3) is 0.143. The quantitative estimate of drug-likeness (QED) is 0.724. The smallest absolute Gasteiger partial charge is 0.143 e. The summed E-state index contributed by atoms with van der Waals surface area (Å²) < 4.78 is 0. The molecule has 3 aromatic rings. The van der Waals surface area contributed by atoms with Gasteiger partial charge in [-0.3, -0.25) is 0 Å². The Hall–Kier alpha value is -3.12. The van der Waals surface area contributed by atoms with E-state index >= 15 is 0 Å². The van der Waals surface area contributed by atoms with Gasteiger partial charge in [-0.1, -0.05) is 60.7 Å². The first-order valence-corrected chi connectivity index (χ1v) is 8.07. The number of pyridine rings is 1. The van der Waals surface area contributed by atoms with Crippen LogP contribution < -0.4 is 5.32 Å². The summed E-state index contributed by atoms with van der Waals surface area (Å²) in [6.07, 6.45) is 2.63. The molecule has 2 aromatic carbocycles. The van der Waals surface area contributed by atoms with Crippen LogP contribution in [0.1, 0.15) is 29.0 Å². The van der Waals surface area contributed by atoms with Crippen molar-refractivity contribution in [2.24, 2.45) is 0 Å². The third-order valence-electron chi connectivity index (χ3n) is 4.06. The monoisotopic (exact) mass is 313 g/mol. The third kappa shape index (κ3) is 3.80. The van der Waals surface area contributed by atoms with Crippen LogP contribution in [0.5, 0.6) is 0 Å². The maximum Gasteiger partial charge on any atom is 0.143 e. The molecule has 3 nitrogen and oxygen atoms in total. The Labute approximate surface area is 142 Å². The molecule has 0 atom stereocenters. The van der Waals surface area contributed by atoms with Gasteiger partial charge in [-0.05, 0) is 29.7 Å². The molecule has 24 heavy (non-hydrogen) atoms. The Kier molecular flexibility index (Phi) is 5.21. The summed E-state index contributed by atoms with van der Waals surface area (Å²) in [5, 5.41) is 12.5. The molecular formula is C21H19N3. The Bertz CT molecular complexity index is 768. The second-order valence-electron chi connectivity index (χ2n) is 5.60. The van der Waals surface area contributed by atoms with Gasteiger partial charge in [0.05, 0.1) is 5.56 Å². The van der Waals surface area contributed by atoms with E-state index in [1.807, 2.05) is 12.1 Å². The van der Waals surface area contributed by atoms with Crippen LogP contribution in [0.2, 0.25) is 0 Å². The van der Waals surface area contributed by atoms with Crippen molar-refractivity contribution >= 4 is 5.82 Å². The minimum Gasteiger partial charge on any atom is -0.369 e. The molecule has 0 bridgehead atoms. The SMILES string of the molecule is N#Cc1cccnc1NCCC(c1ccccc1)c1ccccc1. The molecule has 0 saturated carbocycles. The lowest BCUT2D eigenvalue weighted by Gasteiger charge is -2.18. The van der Waals surface area contributed by atoms with Crippen molar-refractivity contribution in [3.63, 3.8) is 0 Å². The van der Waals surface area contributed by atoms with Crippen LogP contribution in [0.3, 0.4) is 0 Å². The van der Waals surface area contributed by atoms with E-state index in [9.17, 15) is 0 Å². The molecule has 0 spiro atoms. The minimum absolute atomic E-state index is 0.314. The molecule has 0 unspecified atom stereocenters. The lowest BCUT2D eigenvalue weighted by molar-refractivity contribution is 0.743. The standard InChI is InChI=1S/C21H19N3/c22-16-19-12-7-14-23-21(19)24-15-13-20(17-8-3-1-4-9-17)18-10-5-2-6-11-18/h1-12,14,20H,13,15H2,(H,23,24). The van der Waals surface area contributed by atoms with Crippen LogP contribution in [0.4, 0.5) is 5.82 Å². The van der Waals surface area contributed by atoms with Gasteiger partial charge in [0.2, 0.25) is 0 Å². The van der Waals surface area contributed by atoms with Gasteiger partial charge in [0, 0.05) is 18.7 Å². The Morgan fingerprint density at radius 2 is 1.50 bits per heavy atom. The first-order chi connectivity index (χ1) is 11.9. The topological polar surface area (TPSA) is 48.7 Å². The number of nitrogens with zero attached hydrogens (tertiary/aromatic N) is 2. The van der Waals surface area contributed by atoms with Crippen LogP contribution in [-0.2, 0) is 0 Å². The summed E-state index contributed by atoms with van der Waals surface area (Å²) in [7, 11) is 0. The van der Waals surface area contributed by atoms with Crippen LogP contribution in [-0.4, -0.2) is 11.5 Å². The molecule has 0 aliphatic heterocycles. The maximum atomic E-state index is 9.15. The molecule has 3 heteroatoms. The Balaban J connectivity index is 1.75. The van der Waals surface area contributed by atoms with Crippen molar-refractivity contribution in [3.8, 4) is 6.07 Å². The minimum atomic E-state index is 0.314. The number of nitrogens with one attached hydrogen (secondary N) is 1. The number of rotatable bonds is 6. The van der Waals surface area contributed by atoms with Crippen molar-refractivity contribution in [1.82, 2.24) is 4.98 Å². The Morgan fingerprint density at radius 3 is 2.08 bits per heavy atom. The summed E-state index contributed by atoms with van der Waals surface area (Å²) in [5.41, 5.74) is 3.17. The first-order valence-electron chi connectivity index (χ1n) is 8.07. The zero-order valence-corrected chi connectivity index (χ0v) is 13.4. The molecule has 3 rings (SSSR count). The van der Waals surface area contributed by atoms with Crippen molar-refractivity contribution in [2.75, 3.05) is 11.9 Å². The number of aromatic nitrogens is 1. The van der Waals surface area contributed by atoms with Crippen LogP contribution in [0.25, 0.3) is 0 Å². The molecule has 118 valence electrons. The van der Waals surface area contributed by atoms with Crippen LogP contribution in [0.15, 0.2) is 79.0 Å². The lowest BCUT2D eigenvalue weighted by Crippen LogP contribution is -2.11. The average molecular weight is 313 g/mol. The zero-order chi connectivity index (χ0) is 16.6. The summed E-state index contributed by atoms with van der Waals surface area (Å²) in [5.74, 6) is 0.967. The molecule has 0 saturated heterocycles. The normalized spacial score (nSPS) is 10.3. The van der Waals surface area contributed by atoms with E-state index in [1.165, 1.54) is 11.1 Å². The molecule has 1 N–H and O–H groups in total. The fourth-order valence-corrected chi connectivity index (χ4v) is 2.87. The van der Waals surface area contributed by atoms with Gasteiger partial charge in [0.25, 0.3) is 0 Å². The van der Waals surface area contributed by atoms with Crippen molar-refractivity contribution in [1.29, 1.82) is 5.26 Å². The number of hydrogen-bond donors (Lipinski definition) is 1. The summed E-state index contributed by atoms with van der Waals surface area (Å²) in [6.45, 7) is 0.750. The molecule has 0 aliphatic rings.